The lowest BCUT2D eigenvalue weighted by Gasteiger charge is -2.42. The van der Waals surface area contributed by atoms with Crippen molar-refractivity contribution < 1.29 is 44.3 Å². The molecule has 0 aliphatic carbocycles. The average molecular weight is 347 g/mol. The molecule has 22 heavy (non-hydrogen) atoms. The molecule has 0 aromatic heterocycles. The van der Waals surface area contributed by atoms with E-state index in [-0.39, 0.29) is 4.90 Å². The van der Waals surface area contributed by atoms with Gasteiger partial charge >= 0.3 is 23.9 Å². The maximum Gasteiger partial charge on any atom is 0.421 e. The predicted molar refractivity (Wildman–Crippen MR) is 57.7 cm³/mol. The van der Waals surface area contributed by atoms with E-state index in [2.05, 4.69) is 0 Å². The van der Waals surface area contributed by atoms with Crippen LogP contribution in [-0.4, -0.2) is 41.4 Å². The lowest BCUT2D eigenvalue weighted by Crippen LogP contribution is -2.69. The zero-order valence-electron chi connectivity index (χ0n) is 11.9. The van der Waals surface area contributed by atoms with Crippen LogP contribution in [0, 0.1) is 5.41 Å². The molecule has 0 aliphatic rings. The normalized spacial score (nSPS) is 14.7. The molecule has 0 radical (unpaired) electrons. The highest BCUT2D eigenvalue weighted by atomic mass is 19.4. The molecule has 0 saturated carbocycles. The smallest absolute Gasteiger partial charge is 0.336 e. The van der Waals surface area contributed by atoms with Gasteiger partial charge in [-0.15, -0.1) is 0 Å². The lowest BCUT2D eigenvalue weighted by atomic mass is 9.82. The number of hydrogen-bond acceptors (Lipinski definition) is 1. The summed E-state index contributed by atoms with van der Waals surface area (Å²) in [7, 11) is 0. The van der Waals surface area contributed by atoms with Gasteiger partial charge in [0.15, 0.2) is 0 Å². The Morgan fingerprint density at radius 2 is 0.909 bits per heavy atom. The maximum absolute atomic E-state index is 12.8. The summed E-state index contributed by atoms with van der Waals surface area (Å²) in [5.74, 6) is -3.08. The Balaban J connectivity index is 6.63. The lowest BCUT2D eigenvalue weighted by molar-refractivity contribution is -0.409. The second-order valence-corrected chi connectivity index (χ2v) is 5.14. The van der Waals surface area contributed by atoms with Crippen LogP contribution in [0.4, 0.5) is 39.5 Å². The molecule has 2 nitrogen and oxygen atoms in total. The van der Waals surface area contributed by atoms with E-state index in [0.29, 0.717) is 0 Å². The largest absolute Gasteiger partial charge is 0.421 e. The topological polar surface area (TPSA) is 20.3 Å². The van der Waals surface area contributed by atoms with Gasteiger partial charge in [0, 0.05) is 12.1 Å². The van der Waals surface area contributed by atoms with E-state index < -0.39 is 41.9 Å². The first-order valence-electron chi connectivity index (χ1n) is 5.95. The van der Waals surface area contributed by atoms with Crippen molar-refractivity contribution in [3.63, 3.8) is 0 Å². The van der Waals surface area contributed by atoms with Gasteiger partial charge in [0.2, 0.25) is 0 Å². The van der Waals surface area contributed by atoms with Gasteiger partial charge in [0.05, 0.1) is 0 Å². The van der Waals surface area contributed by atoms with E-state index in [4.69, 9.17) is 0 Å². The zero-order valence-corrected chi connectivity index (χ0v) is 11.9. The van der Waals surface area contributed by atoms with E-state index in [9.17, 15) is 44.3 Å². The Labute approximate surface area is 120 Å². The third kappa shape index (κ3) is 3.12. The van der Waals surface area contributed by atoms with Crippen molar-refractivity contribution in [1.82, 2.24) is 4.90 Å². The summed E-state index contributed by atoms with van der Waals surface area (Å²) in [6.45, 7) is 4.08. The molecule has 0 aliphatic heterocycles. The van der Waals surface area contributed by atoms with Crippen molar-refractivity contribution in [3.8, 4) is 0 Å². The fourth-order valence-electron chi connectivity index (χ4n) is 2.10. The molecular weight excluding hydrogens is 333 g/mol. The molecule has 132 valence electrons. The molecule has 0 saturated heterocycles. The van der Waals surface area contributed by atoms with Crippen LogP contribution in [0.25, 0.3) is 0 Å². The van der Waals surface area contributed by atoms with Gasteiger partial charge in [-0.3, -0.25) is 4.79 Å². The van der Waals surface area contributed by atoms with Crippen molar-refractivity contribution in [3.05, 3.63) is 0 Å². The number of carbonyl (C=O) groups excluding carboxylic acids is 1. The summed E-state index contributed by atoms with van der Waals surface area (Å²) in [4.78, 5) is 11.7. The molecule has 0 heterocycles. The fourth-order valence-corrected chi connectivity index (χ4v) is 2.10. The first kappa shape index (κ1) is 20.8. The standard InChI is InChI=1S/C11H14F9NO/c1-5(2)21(6(3)4)7(22)8(9(12,13)14,10(15,16)17)11(18,19)20/h5-6H,1-4H3. The van der Waals surface area contributed by atoms with Crippen LogP contribution in [0.15, 0.2) is 0 Å². The number of hydrogen-bond donors (Lipinski definition) is 0. The van der Waals surface area contributed by atoms with Crippen molar-refractivity contribution in [1.29, 1.82) is 0 Å². The Morgan fingerprint density at radius 1 is 0.682 bits per heavy atom. The van der Waals surface area contributed by atoms with Gasteiger partial charge in [-0.25, -0.2) is 0 Å². The molecule has 0 N–H and O–H groups in total. The number of nitrogens with zero attached hydrogens (tertiary/aromatic N) is 1. The molecule has 11 heteroatoms. The first-order valence-corrected chi connectivity index (χ1v) is 5.95. The van der Waals surface area contributed by atoms with E-state index in [1.54, 1.807) is 0 Å². The summed E-state index contributed by atoms with van der Waals surface area (Å²) >= 11 is 0. The third-order valence-corrected chi connectivity index (χ3v) is 2.94. The van der Waals surface area contributed by atoms with Gasteiger partial charge in [-0.2, -0.15) is 39.5 Å². The minimum Gasteiger partial charge on any atom is -0.336 e. The van der Waals surface area contributed by atoms with Crippen molar-refractivity contribution in [2.75, 3.05) is 0 Å². The number of alkyl halides is 9. The van der Waals surface area contributed by atoms with Crippen LogP contribution >= 0.6 is 0 Å². The summed E-state index contributed by atoms with van der Waals surface area (Å²) in [6, 6.07) is -2.59. The summed E-state index contributed by atoms with van der Waals surface area (Å²) < 4.78 is 115. The Hall–Kier alpha value is -1.16. The van der Waals surface area contributed by atoms with Crippen LogP contribution in [0.2, 0.25) is 0 Å². The van der Waals surface area contributed by atoms with Gasteiger partial charge < -0.3 is 4.90 Å². The Bertz CT molecular complexity index is 361. The van der Waals surface area contributed by atoms with Crippen molar-refractivity contribution in [2.45, 2.75) is 58.3 Å². The molecule has 0 aromatic carbocycles. The zero-order chi connectivity index (χ0) is 18.3. The highest BCUT2D eigenvalue weighted by Crippen LogP contribution is 2.60. The SMILES string of the molecule is CC(C)N(C(=O)C(C(F)(F)F)(C(F)(F)F)C(F)(F)F)C(C)C. The Morgan fingerprint density at radius 3 is 1.05 bits per heavy atom. The predicted octanol–water partition coefficient (Wildman–Crippen LogP) is 4.31. The number of halogens is 9. The van der Waals surface area contributed by atoms with Gasteiger partial charge in [0.1, 0.15) is 0 Å². The molecular formula is C11H14F9NO. The maximum atomic E-state index is 12.8. The Kier molecular flexibility index (Phi) is 5.50. The van der Waals surface area contributed by atoms with Crippen molar-refractivity contribution in [2.24, 2.45) is 5.41 Å². The molecule has 0 atom stereocenters. The second kappa shape index (κ2) is 5.80. The molecule has 0 spiro atoms. The highest BCUT2D eigenvalue weighted by molar-refractivity contribution is 5.86. The third-order valence-electron chi connectivity index (χ3n) is 2.94. The summed E-state index contributed by atoms with van der Waals surface area (Å²) in [5, 5.41) is 0. The number of amides is 1. The monoisotopic (exact) mass is 347 g/mol. The fraction of sp³-hybridized carbons (Fsp3) is 0.909. The minimum absolute atomic E-state index is 0.0749. The average Bonchev–Trinajstić information content (AvgIpc) is 2.07. The number of carbonyl (C=O) groups is 1. The van der Waals surface area contributed by atoms with E-state index in [1.165, 1.54) is 0 Å². The number of rotatable bonds is 3. The molecule has 0 bridgehead atoms. The summed E-state index contributed by atoms with van der Waals surface area (Å²) in [5.41, 5.74) is -6.46. The van der Waals surface area contributed by atoms with Crippen molar-refractivity contribution >= 4 is 5.91 Å². The first-order chi connectivity index (χ1) is 9.43. The summed E-state index contributed by atoms with van der Waals surface area (Å²) in [6.07, 6.45) is -20.7. The highest BCUT2D eigenvalue weighted by Gasteiger charge is 2.88. The quantitative estimate of drug-likeness (QED) is 0.697. The van der Waals surface area contributed by atoms with Gasteiger partial charge in [-0.05, 0) is 27.7 Å². The molecule has 1 amide bonds. The van der Waals surface area contributed by atoms with E-state index in [1.807, 2.05) is 0 Å². The van der Waals surface area contributed by atoms with Crippen LogP contribution in [0.5, 0.6) is 0 Å². The molecule has 0 fully saturated rings. The van der Waals surface area contributed by atoms with Gasteiger partial charge in [-0.1, -0.05) is 0 Å². The van der Waals surface area contributed by atoms with Crippen LogP contribution in [0.1, 0.15) is 27.7 Å². The van der Waals surface area contributed by atoms with Crippen LogP contribution in [-0.2, 0) is 4.79 Å². The minimum atomic E-state index is -6.89. The van der Waals surface area contributed by atoms with Crippen LogP contribution in [0.3, 0.4) is 0 Å². The second-order valence-electron chi connectivity index (χ2n) is 5.14. The van der Waals surface area contributed by atoms with Gasteiger partial charge in [0.25, 0.3) is 5.91 Å². The molecule has 0 aromatic rings. The van der Waals surface area contributed by atoms with Crippen LogP contribution < -0.4 is 0 Å². The molecule has 0 unspecified atom stereocenters. The van der Waals surface area contributed by atoms with E-state index >= 15 is 0 Å². The van der Waals surface area contributed by atoms with E-state index in [0.717, 1.165) is 27.7 Å². The molecule has 0 rings (SSSR count).